The molecule has 0 spiro atoms. The monoisotopic (exact) mass is 205 g/mol. The molecule has 0 unspecified atom stereocenters. The molecule has 0 saturated heterocycles. The number of benzene rings is 1. The van der Waals surface area contributed by atoms with Crippen molar-refractivity contribution in [3.8, 4) is 5.75 Å². The number of phenols is 1. The number of aliphatic carboxylic acids is 1. The SMILES string of the molecule is Cc1cc2c(O)c(CC(=O)O)ccc2[nH]1. The van der Waals surface area contributed by atoms with Crippen LogP contribution in [0.15, 0.2) is 18.2 Å². The van der Waals surface area contributed by atoms with Gasteiger partial charge in [0, 0.05) is 22.2 Å². The van der Waals surface area contributed by atoms with E-state index >= 15 is 0 Å². The first-order valence-electron chi connectivity index (χ1n) is 4.60. The summed E-state index contributed by atoms with van der Waals surface area (Å²) < 4.78 is 0. The molecule has 1 aromatic heterocycles. The zero-order valence-electron chi connectivity index (χ0n) is 8.24. The Kier molecular flexibility index (Phi) is 2.11. The van der Waals surface area contributed by atoms with Gasteiger partial charge in [-0.05, 0) is 19.1 Å². The van der Waals surface area contributed by atoms with E-state index in [0.717, 1.165) is 11.2 Å². The van der Waals surface area contributed by atoms with Gasteiger partial charge >= 0.3 is 5.97 Å². The number of hydrogen-bond acceptors (Lipinski definition) is 2. The van der Waals surface area contributed by atoms with E-state index in [4.69, 9.17) is 5.11 Å². The summed E-state index contributed by atoms with van der Waals surface area (Å²) in [6.07, 6.45) is -0.161. The molecule has 0 aliphatic carbocycles. The average Bonchev–Trinajstić information content (AvgIpc) is 2.51. The molecular formula is C11H11NO3. The number of H-pyrrole nitrogens is 1. The number of aryl methyl sites for hydroxylation is 1. The number of fused-ring (bicyclic) bond motifs is 1. The molecule has 78 valence electrons. The number of carboxylic acids is 1. The first kappa shape index (κ1) is 9.58. The Morgan fingerprint density at radius 1 is 1.47 bits per heavy atom. The zero-order chi connectivity index (χ0) is 11.0. The van der Waals surface area contributed by atoms with Gasteiger partial charge in [-0.15, -0.1) is 0 Å². The van der Waals surface area contributed by atoms with Gasteiger partial charge in [-0.1, -0.05) is 6.07 Å². The summed E-state index contributed by atoms with van der Waals surface area (Å²) in [6.45, 7) is 1.89. The van der Waals surface area contributed by atoms with Crippen molar-refractivity contribution in [3.05, 3.63) is 29.5 Å². The van der Waals surface area contributed by atoms with Crippen molar-refractivity contribution < 1.29 is 15.0 Å². The molecule has 2 aromatic rings. The van der Waals surface area contributed by atoms with Crippen LogP contribution in [0.25, 0.3) is 10.9 Å². The number of nitrogens with one attached hydrogen (secondary N) is 1. The molecule has 3 N–H and O–H groups in total. The number of carbonyl (C=O) groups is 1. The third kappa shape index (κ3) is 1.66. The Morgan fingerprint density at radius 2 is 2.20 bits per heavy atom. The lowest BCUT2D eigenvalue weighted by molar-refractivity contribution is -0.136. The summed E-state index contributed by atoms with van der Waals surface area (Å²) in [6, 6.07) is 5.21. The number of aromatic hydroxyl groups is 1. The molecule has 2 rings (SSSR count). The molecule has 0 saturated carbocycles. The van der Waals surface area contributed by atoms with Gasteiger partial charge in [0.05, 0.1) is 6.42 Å². The molecule has 1 aromatic carbocycles. The second kappa shape index (κ2) is 3.31. The maximum absolute atomic E-state index is 10.5. The van der Waals surface area contributed by atoms with Gasteiger partial charge in [0.2, 0.25) is 0 Å². The number of aromatic amines is 1. The number of aromatic nitrogens is 1. The molecule has 15 heavy (non-hydrogen) atoms. The molecule has 0 bridgehead atoms. The summed E-state index contributed by atoms with van der Waals surface area (Å²) in [5.41, 5.74) is 2.20. The van der Waals surface area contributed by atoms with Crippen LogP contribution in [0.1, 0.15) is 11.3 Å². The van der Waals surface area contributed by atoms with Gasteiger partial charge in [0.15, 0.2) is 0 Å². The van der Waals surface area contributed by atoms with E-state index in [0.29, 0.717) is 10.9 Å². The topological polar surface area (TPSA) is 73.3 Å². The lowest BCUT2D eigenvalue weighted by atomic mass is 10.1. The third-order valence-electron chi connectivity index (χ3n) is 2.33. The highest BCUT2D eigenvalue weighted by molar-refractivity contribution is 5.89. The van der Waals surface area contributed by atoms with Crippen LogP contribution in [0.4, 0.5) is 0 Å². The quantitative estimate of drug-likeness (QED) is 0.700. The fraction of sp³-hybridized carbons (Fsp3) is 0.182. The second-order valence-electron chi connectivity index (χ2n) is 3.56. The van der Waals surface area contributed by atoms with Crippen molar-refractivity contribution in [2.24, 2.45) is 0 Å². The van der Waals surface area contributed by atoms with Gasteiger partial charge in [-0.25, -0.2) is 0 Å². The van der Waals surface area contributed by atoms with Crippen LogP contribution in [0, 0.1) is 6.92 Å². The fourth-order valence-electron chi connectivity index (χ4n) is 1.68. The minimum atomic E-state index is -0.947. The molecular weight excluding hydrogens is 194 g/mol. The van der Waals surface area contributed by atoms with Crippen molar-refractivity contribution >= 4 is 16.9 Å². The van der Waals surface area contributed by atoms with Crippen molar-refractivity contribution in [2.45, 2.75) is 13.3 Å². The van der Waals surface area contributed by atoms with Crippen LogP contribution in [0.3, 0.4) is 0 Å². The van der Waals surface area contributed by atoms with Crippen molar-refractivity contribution in [1.82, 2.24) is 4.98 Å². The largest absolute Gasteiger partial charge is 0.507 e. The predicted molar refractivity (Wildman–Crippen MR) is 56.0 cm³/mol. The van der Waals surface area contributed by atoms with Crippen LogP contribution in [-0.2, 0) is 11.2 Å². The summed E-state index contributed by atoms with van der Waals surface area (Å²) in [5, 5.41) is 19.2. The standard InChI is InChI=1S/C11H11NO3/c1-6-4-8-9(12-6)3-2-7(11(8)15)5-10(13)14/h2-4,12,15H,5H2,1H3,(H,13,14). The molecule has 0 amide bonds. The van der Waals surface area contributed by atoms with Gasteiger partial charge in [-0.3, -0.25) is 4.79 Å². The van der Waals surface area contributed by atoms with Gasteiger partial charge in [0.1, 0.15) is 5.75 Å². The van der Waals surface area contributed by atoms with E-state index in [1.165, 1.54) is 0 Å². The van der Waals surface area contributed by atoms with E-state index < -0.39 is 5.97 Å². The van der Waals surface area contributed by atoms with E-state index in [9.17, 15) is 9.90 Å². The highest BCUT2D eigenvalue weighted by Gasteiger charge is 2.10. The number of hydrogen-bond donors (Lipinski definition) is 3. The first-order chi connectivity index (χ1) is 7.08. The molecule has 4 nitrogen and oxygen atoms in total. The van der Waals surface area contributed by atoms with E-state index in [1.807, 2.05) is 6.92 Å². The van der Waals surface area contributed by atoms with Crippen molar-refractivity contribution in [2.75, 3.05) is 0 Å². The maximum Gasteiger partial charge on any atom is 0.307 e. The molecule has 0 aliphatic heterocycles. The summed E-state index contributed by atoms with van der Waals surface area (Å²) in [5.74, 6) is -0.892. The molecule has 0 atom stereocenters. The Balaban J connectivity index is 2.58. The highest BCUT2D eigenvalue weighted by atomic mass is 16.4. The van der Waals surface area contributed by atoms with Crippen LogP contribution in [-0.4, -0.2) is 21.2 Å². The van der Waals surface area contributed by atoms with Gasteiger partial charge < -0.3 is 15.2 Å². The summed E-state index contributed by atoms with van der Waals surface area (Å²) >= 11 is 0. The van der Waals surface area contributed by atoms with Crippen LogP contribution in [0.2, 0.25) is 0 Å². The number of rotatable bonds is 2. The van der Waals surface area contributed by atoms with Crippen molar-refractivity contribution in [3.63, 3.8) is 0 Å². The van der Waals surface area contributed by atoms with E-state index in [1.54, 1.807) is 18.2 Å². The Hall–Kier alpha value is -1.97. The maximum atomic E-state index is 10.5. The zero-order valence-corrected chi connectivity index (χ0v) is 8.24. The fourth-order valence-corrected chi connectivity index (χ4v) is 1.68. The lowest BCUT2D eigenvalue weighted by Crippen LogP contribution is -2.00. The average molecular weight is 205 g/mol. The highest BCUT2D eigenvalue weighted by Crippen LogP contribution is 2.29. The Labute approximate surface area is 86.2 Å². The summed E-state index contributed by atoms with van der Waals surface area (Å²) in [4.78, 5) is 13.6. The normalized spacial score (nSPS) is 10.7. The molecule has 0 radical (unpaired) electrons. The third-order valence-corrected chi connectivity index (χ3v) is 2.33. The predicted octanol–water partition coefficient (Wildman–Crippen LogP) is 1.81. The van der Waals surface area contributed by atoms with Crippen LogP contribution in [0.5, 0.6) is 5.75 Å². The van der Waals surface area contributed by atoms with E-state index in [2.05, 4.69) is 4.98 Å². The molecule has 0 fully saturated rings. The number of carboxylic acid groups (broad SMARTS) is 1. The van der Waals surface area contributed by atoms with Gasteiger partial charge in [-0.2, -0.15) is 0 Å². The van der Waals surface area contributed by atoms with Gasteiger partial charge in [0.25, 0.3) is 0 Å². The number of phenolic OH excluding ortho intramolecular Hbond substituents is 1. The molecule has 0 aliphatic rings. The van der Waals surface area contributed by atoms with E-state index in [-0.39, 0.29) is 12.2 Å². The molecule has 4 heteroatoms. The minimum absolute atomic E-state index is 0.0549. The van der Waals surface area contributed by atoms with Crippen molar-refractivity contribution in [1.29, 1.82) is 0 Å². The van der Waals surface area contributed by atoms with Crippen LogP contribution < -0.4 is 0 Å². The van der Waals surface area contributed by atoms with Crippen LogP contribution >= 0.6 is 0 Å². The Bertz CT molecular complexity index is 528. The second-order valence-corrected chi connectivity index (χ2v) is 3.56. The first-order valence-corrected chi connectivity index (χ1v) is 4.60. The minimum Gasteiger partial charge on any atom is -0.507 e. The summed E-state index contributed by atoms with van der Waals surface area (Å²) in [7, 11) is 0. The molecule has 1 heterocycles. The Morgan fingerprint density at radius 3 is 2.87 bits per heavy atom. The smallest absolute Gasteiger partial charge is 0.307 e. The lowest BCUT2D eigenvalue weighted by Gasteiger charge is -2.02.